The number of amides is 1. The van der Waals surface area contributed by atoms with Gasteiger partial charge in [-0.25, -0.2) is 0 Å². The number of aryl methyl sites for hydroxylation is 1. The number of carbonyl (C=O) groups excluding carboxylic acids is 1. The number of aromatic nitrogens is 1. The fourth-order valence-electron chi connectivity index (χ4n) is 2.92. The van der Waals surface area contributed by atoms with Crippen molar-refractivity contribution in [1.82, 2.24) is 19.7 Å². The van der Waals surface area contributed by atoms with Crippen LogP contribution in [0.25, 0.3) is 0 Å². The van der Waals surface area contributed by atoms with Crippen molar-refractivity contribution in [2.75, 3.05) is 39.3 Å². The largest absolute Gasteiger partial charge is 0.340 e. The lowest BCUT2D eigenvalue weighted by molar-refractivity contribution is -0.384. The Morgan fingerprint density at radius 2 is 2.05 bits per heavy atom. The molecule has 0 bridgehead atoms. The highest BCUT2D eigenvalue weighted by Crippen LogP contribution is 2.21. The maximum atomic E-state index is 12.4. The van der Waals surface area contributed by atoms with Gasteiger partial charge in [0, 0.05) is 58.4 Å². The van der Waals surface area contributed by atoms with Gasteiger partial charge in [0.25, 0.3) is 11.6 Å². The van der Waals surface area contributed by atoms with E-state index in [0.29, 0.717) is 24.8 Å². The summed E-state index contributed by atoms with van der Waals surface area (Å²) >= 11 is 0. The van der Waals surface area contributed by atoms with E-state index in [-0.39, 0.29) is 11.6 Å². The van der Waals surface area contributed by atoms with E-state index in [1.165, 1.54) is 16.8 Å². The third-order valence-electron chi connectivity index (χ3n) is 4.24. The number of rotatable bonds is 3. The van der Waals surface area contributed by atoms with Crippen LogP contribution in [0.1, 0.15) is 10.5 Å². The monoisotopic (exact) mass is 293 g/mol. The van der Waals surface area contributed by atoms with Gasteiger partial charge in [-0.1, -0.05) is 0 Å². The first kappa shape index (κ1) is 14.0. The fourth-order valence-corrected chi connectivity index (χ4v) is 2.92. The lowest BCUT2D eigenvalue weighted by Crippen LogP contribution is -2.64. The molecule has 0 aliphatic carbocycles. The van der Waals surface area contributed by atoms with Crippen molar-refractivity contribution in [1.29, 1.82) is 0 Å². The first-order valence-electron chi connectivity index (χ1n) is 7.11. The van der Waals surface area contributed by atoms with Crippen LogP contribution in [-0.4, -0.2) is 70.5 Å². The molecule has 0 atom stereocenters. The van der Waals surface area contributed by atoms with Gasteiger partial charge in [-0.3, -0.25) is 19.8 Å². The van der Waals surface area contributed by atoms with Crippen molar-refractivity contribution in [3.8, 4) is 0 Å². The summed E-state index contributed by atoms with van der Waals surface area (Å²) in [5.41, 5.74) is 0.334. The van der Waals surface area contributed by atoms with Crippen LogP contribution in [0, 0.1) is 10.1 Å². The van der Waals surface area contributed by atoms with Crippen LogP contribution >= 0.6 is 0 Å². The summed E-state index contributed by atoms with van der Waals surface area (Å²) < 4.78 is 1.53. The Morgan fingerprint density at radius 3 is 2.62 bits per heavy atom. The first-order chi connectivity index (χ1) is 10.1. The Hall–Kier alpha value is -1.93. The molecule has 8 heteroatoms. The van der Waals surface area contributed by atoms with Gasteiger partial charge >= 0.3 is 0 Å². The molecule has 3 heterocycles. The zero-order valence-corrected chi connectivity index (χ0v) is 12.0. The average Bonchev–Trinajstić information content (AvgIpc) is 2.80. The predicted octanol–water partition coefficient (Wildman–Crippen LogP) is -0.337. The summed E-state index contributed by atoms with van der Waals surface area (Å²) in [6.07, 6.45) is 1.38. The summed E-state index contributed by atoms with van der Waals surface area (Å²) in [7, 11) is 1.66. The molecule has 0 unspecified atom stereocenters. The molecule has 2 fully saturated rings. The van der Waals surface area contributed by atoms with Crippen LogP contribution in [0.15, 0.2) is 12.3 Å². The van der Waals surface area contributed by atoms with Crippen molar-refractivity contribution in [3.05, 3.63) is 28.1 Å². The van der Waals surface area contributed by atoms with E-state index in [4.69, 9.17) is 0 Å². The number of nitrogens with one attached hydrogen (secondary N) is 1. The van der Waals surface area contributed by atoms with Gasteiger partial charge in [0.1, 0.15) is 5.69 Å². The van der Waals surface area contributed by atoms with Crippen molar-refractivity contribution in [2.24, 2.45) is 7.05 Å². The number of likely N-dealkylation sites (tertiary alicyclic amines) is 1. The Bertz CT molecular complexity index is 558. The average molecular weight is 293 g/mol. The summed E-state index contributed by atoms with van der Waals surface area (Å²) in [5.74, 6) is -0.128. The van der Waals surface area contributed by atoms with Crippen LogP contribution in [0.3, 0.4) is 0 Å². The minimum Gasteiger partial charge on any atom is -0.340 e. The molecule has 2 saturated heterocycles. The first-order valence-corrected chi connectivity index (χ1v) is 7.11. The minimum atomic E-state index is -0.476. The van der Waals surface area contributed by atoms with Crippen molar-refractivity contribution in [3.63, 3.8) is 0 Å². The molecule has 3 rings (SSSR count). The van der Waals surface area contributed by atoms with Gasteiger partial charge in [0.05, 0.1) is 11.1 Å². The molecule has 8 nitrogen and oxygen atoms in total. The van der Waals surface area contributed by atoms with E-state index in [9.17, 15) is 14.9 Å². The molecule has 21 heavy (non-hydrogen) atoms. The second kappa shape index (κ2) is 5.45. The lowest BCUT2D eigenvalue weighted by atomic mass is 10.1. The highest BCUT2D eigenvalue weighted by atomic mass is 16.6. The number of hydrogen-bond acceptors (Lipinski definition) is 5. The van der Waals surface area contributed by atoms with Crippen LogP contribution in [0.2, 0.25) is 0 Å². The van der Waals surface area contributed by atoms with E-state index in [2.05, 4.69) is 10.2 Å². The number of piperazine rings is 1. The Labute approximate surface area is 122 Å². The number of carbonyl (C=O) groups is 1. The lowest BCUT2D eigenvalue weighted by Gasteiger charge is -2.46. The Kier molecular flexibility index (Phi) is 3.64. The van der Waals surface area contributed by atoms with E-state index in [1.807, 2.05) is 0 Å². The van der Waals surface area contributed by atoms with Crippen molar-refractivity contribution < 1.29 is 9.72 Å². The molecule has 1 aromatic heterocycles. The standard InChI is InChI=1S/C13H19N5O3/c1-15-7-10(18(20)21)6-12(15)13(19)17-8-11(9-17)16-4-2-14-3-5-16/h6-7,11,14H,2-5,8-9H2,1H3. The molecule has 0 aromatic carbocycles. The van der Waals surface area contributed by atoms with Crippen LogP contribution in [0.4, 0.5) is 5.69 Å². The van der Waals surface area contributed by atoms with E-state index in [0.717, 1.165) is 26.2 Å². The van der Waals surface area contributed by atoms with E-state index < -0.39 is 4.92 Å². The summed E-state index contributed by atoms with van der Waals surface area (Å²) in [6, 6.07) is 1.77. The molecule has 0 radical (unpaired) electrons. The topological polar surface area (TPSA) is 83.6 Å². The normalized spacial score (nSPS) is 20.3. The minimum absolute atomic E-state index is 0.0416. The van der Waals surface area contributed by atoms with Gasteiger partial charge in [-0.05, 0) is 0 Å². The van der Waals surface area contributed by atoms with E-state index in [1.54, 1.807) is 11.9 Å². The molecule has 0 saturated carbocycles. The second-order valence-corrected chi connectivity index (χ2v) is 5.60. The molecular weight excluding hydrogens is 274 g/mol. The molecule has 0 spiro atoms. The third-order valence-corrected chi connectivity index (χ3v) is 4.24. The maximum absolute atomic E-state index is 12.4. The van der Waals surface area contributed by atoms with Gasteiger partial charge < -0.3 is 14.8 Å². The molecule has 1 aromatic rings. The van der Waals surface area contributed by atoms with Gasteiger partial charge in [-0.2, -0.15) is 0 Å². The molecule has 2 aliphatic rings. The second-order valence-electron chi connectivity index (χ2n) is 5.60. The summed E-state index contributed by atoms with van der Waals surface area (Å²) in [5, 5.41) is 14.1. The fraction of sp³-hybridized carbons (Fsp3) is 0.615. The smallest absolute Gasteiger partial charge is 0.287 e. The molecular formula is C13H19N5O3. The Morgan fingerprint density at radius 1 is 1.38 bits per heavy atom. The van der Waals surface area contributed by atoms with Crippen LogP contribution in [0.5, 0.6) is 0 Å². The third kappa shape index (κ3) is 2.64. The zero-order chi connectivity index (χ0) is 15.0. The molecule has 1 amide bonds. The molecule has 1 N–H and O–H groups in total. The number of nitro groups is 1. The van der Waals surface area contributed by atoms with E-state index >= 15 is 0 Å². The van der Waals surface area contributed by atoms with Gasteiger partial charge in [0.2, 0.25) is 0 Å². The highest BCUT2D eigenvalue weighted by molar-refractivity contribution is 5.94. The quantitative estimate of drug-likeness (QED) is 0.609. The SMILES string of the molecule is Cn1cc([N+](=O)[O-])cc1C(=O)N1CC(N2CCNCC2)C1. The van der Waals surface area contributed by atoms with Crippen molar-refractivity contribution >= 4 is 11.6 Å². The molecule has 2 aliphatic heterocycles. The van der Waals surface area contributed by atoms with Crippen LogP contribution in [-0.2, 0) is 7.05 Å². The number of nitrogens with zero attached hydrogens (tertiary/aromatic N) is 4. The van der Waals surface area contributed by atoms with Gasteiger partial charge in [-0.15, -0.1) is 0 Å². The number of hydrogen-bond donors (Lipinski definition) is 1. The zero-order valence-electron chi connectivity index (χ0n) is 12.0. The van der Waals surface area contributed by atoms with Gasteiger partial charge in [0.15, 0.2) is 0 Å². The summed E-state index contributed by atoms with van der Waals surface area (Å²) in [6.45, 7) is 5.43. The Balaban J connectivity index is 1.61. The predicted molar refractivity (Wildman–Crippen MR) is 76.2 cm³/mol. The van der Waals surface area contributed by atoms with Crippen LogP contribution < -0.4 is 5.32 Å². The highest BCUT2D eigenvalue weighted by Gasteiger charge is 2.36. The maximum Gasteiger partial charge on any atom is 0.287 e. The molecule has 114 valence electrons. The summed E-state index contributed by atoms with van der Waals surface area (Å²) in [4.78, 5) is 26.8. The van der Waals surface area contributed by atoms with Crippen molar-refractivity contribution in [2.45, 2.75) is 6.04 Å².